The van der Waals surface area contributed by atoms with E-state index in [0.717, 1.165) is 0 Å². The number of rotatable bonds is 6. The minimum absolute atomic E-state index is 0.0512. The first kappa shape index (κ1) is 11.4. The van der Waals surface area contributed by atoms with Gasteiger partial charge in [0.05, 0.1) is 12.9 Å². The number of hydrogen-bond acceptors (Lipinski definition) is 4. The highest BCUT2D eigenvalue weighted by Gasteiger charge is 2.13. The van der Waals surface area contributed by atoms with Crippen molar-refractivity contribution in [2.24, 2.45) is 5.73 Å². The lowest BCUT2D eigenvalue weighted by molar-refractivity contribution is -0.138. The minimum Gasteiger partial charge on any atom is -0.480 e. The van der Waals surface area contributed by atoms with Crippen LogP contribution in [-0.2, 0) is 16.1 Å². The lowest BCUT2D eigenvalue weighted by Crippen LogP contribution is -2.30. The zero-order valence-corrected chi connectivity index (χ0v) is 8.17. The van der Waals surface area contributed by atoms with Gasteiger partial charge in [-0.25, -0.2) is 4.98 Å². The van der Waals surface area contributed by atoms with Crippen LogP contribution in [0.25, 0.3) is 0 Å². The maximum Gasteiger partial charge on any atom is 0.320 e. The van der Waals surface area contributed by atoms with Gasteiger partial charge in [-0.1, -0.05) is 0 Å². The SMILES string of the molecule is N[C@@H](CCC(=O)Cn1ccnc1)C(=O)O. The first-order valence-electron chi connectivity index (χ1n) is 4.55. The second-order valence-corrected chi connectivity index (χ2v) is 3.26. The zero-order chi connectivity index (χ0) is 11.3. The van der Waals surface area contributed by atoms with Crippen LogP contribution >= 0.6 is 0 Å². The summed E-state index contributed by atoms with van der Waals surface area (Å²) >= 11 is 0. The Morgan fingerprint density at radius 1 is 1.53 bits per heavy atom. The zero-order valence-electron chi connectivity index (χ0n) is 8.17. The lowest BCUT2D eigenvalue weighted by atomic mass is 10.1. The summed E-state index contributed by atoms with van der Waals surface area (Å²) < 4.78 is 1.63. The van der Waals surface area contributed by atoms with E-state index in [1.165, 1.54) is 6.33 Å². The van der Waals surface area contributed by atoms with Crippen LogP contribution in [0.5, 0.6) is 0 Å². The van der Waals surface area contributed by atoms with Gasteiger partial charge in [0.2, 0.25) is 0 Å². The van der Waals surface area contributed by atoms with Crippen LogP contribution in [0.4, 0.5) is 0 Å². The molecule has 0 spiro atoms. The van der Waals surface area contributed by atoms with Gasteiger partial charge in [-0.2, -0.15) is 0 Å². The van der Waals surface area contributed by atoms with Gasteiger partial charge in [-0.05, 0) is 6.42 Å². The Bertz CT molecular complexity index is 334. The van der Waals surface area contributed by atoms with Crippen molar-refractivity contribution in [2.75, 3.05) is 0 Å². The van der Waals surface area contributed by atoms with Crippen molar-refractivity contribution in [3.63, 3.8) is 0 Å². The van der Waals surface area contributed by atoms with E-state index in [4.69, 9.17) is 10.8 Å². The molecular weight excluding hydrogens is 198 g/mol. The maximum atomic E-state index is 11.3. The second-order valence-electron chi connectivity index (χ2n) is 3.26. The molecule has 0 aromatic carbocycles. The first-order valence-corrected chi connectivity index (χ1v) is 4.55. The molecule has 6 nitrogen and oxygen atoms in total. The summed E-state index contributed by atoms with van der Waals surface area (Å²) in [6, 6.07) is -0.961. The average molecular weight is 211 g/mol. The number of aromatic nitrogens is 2. The normalized spacial score (nSPS) is 12.3. The summed E-state index contributed by atoms with van der Waals surface area (Å²) in [5, 5.41) is 8.50. The molecule has 0 aliphatic rings. The number of carboxylic acid groups (broad SMARTS) is 1. The number of carbonyl (C=O) groups excluding carboxylic acids is 1. The van der Waals surface area contributed by atoms with Crippen LogP contribution in [0, 0.1) is 0 Å². The van der Waals surface area contributed by atoms with Crippen LogP contribution in [0.15, 0.2) is 18.7 Å². The third kappa shape index (κ3) is 3.90. The van der Waals surface area contributed by atoms with E-state index >= 15 is 0 Å². The van der Waals surface area contributed by atoms with Crippen molar-refractivity contribution < 1.29 is 14.7 Å². The molecule has 0 fully saturated rings. The van der Waals surface area contributed by atoms with E-state index in [9.17, 15) is 9.59 Å². The summed E-state index contributed by atoms with van der Waals surface area (Å²) in [5.41, 5.74) is 5.27. The number of Topliss-reactive ketones (excluding diaryl/α,β-unsaturated/α-hetero) is 1. The maximum absolute atomic E-state index is 11.3. The van der Waals surface area contributed by atoms with Crippen molar-refractivity contribution >= 4 is 11.8 Å². The smallest absolute Gasteiger partial charge is 0.320 e. The van der Waals surface area contributed by atoms with Crippen molar-refractivity contribution in [2.45, 2.75) is 25.4 Å². The molecule has 15 heavy (non-hydrogen) atoms. The number of carboxylic acids is 1. The number of nitrogens with two attached hydrogens (primary N) is 1. The van der Waals surface area contributed by atoms with E-state index in [2.05, 4.69) is 4.98 Å². The van der Waals surface area contributed by atoms with Gasteiger partial charge in [0.1, 0.15) is 6.04 Å². The first-order chi connectivity index (χ1) is 7.09. The molecular formula is C9H13N3O3. The highest BCUT2D eigenvalue weighted by atomic mass is 16.4. The van der Waals surface area contributed by atoms with Crippen LogP contribution in [0.3, 0.4) is 0 Å². The third-order valence-corrected chi connectivity index (χ3v) is 1.97. The Morgan fingerprint density at radius 2 is 2.27 bits per heavy atom. The van der Waals surface area contributed by atoms with Gasteiger partial charge in [0.15, 0.2) is 5.78 Å². The number of nitrogens with zero attached hydrogens (tertiary/aromatic N) is 2. The van der Waals surface area contributed by atoms with E-state index in [1.807, 2.05) is 0 Å². The molecule has 3 N–H and O–H groups in total. The van der Waals surface area contributed by atoms with Crippen molar-refractivity contribution in [3.8, 4) is 0 Å². The molecule has 6 heteroatoms. The van der Waals surface area contributed by atoms with Gasteiger partial charge in [0.25, 0.3) is 0 Å². The summed E-state index contributed by atoms with van der Waals surface area (Å²) in [4.78, 5) is 25.5. The molecule has 1 aromatic rings. The van der Waals surface area contributed by atoms with Crippen LogP contribution in [0.2, 0.25) is 0 Å². The molecule has 82 valence electrons. The fraction of sp³-hybridized carbons (Fsp3) is 0.444. The molecule has 0 saturated carbocycles. The highest BCUT2D eigenvalue weighted by molar-refractivity contribution is 5.79. The van der Waals surface area contributed by atoms with E-state index in [0.29, 0.717) is 0 Å². The number of ketones is 1. The van der Waals surface area contributed by atoms with Gasteiger partial charge in [0, 0.05) is 18.8 Å². The van der Waals surface area contributed by atoms with Crippen molar-refractivity contribution in [3.05, 3.63) is 18.7 Å². The summed E-state index contributed by atoms with van der Waals surface area (Å²) in [6.45, 7) is 0.215. The Kier molecular flexibility index (Phi) is 3.99. The monoisotopic (exact) mass is 211 g/mol. The van der Waals surface area contributed by atoms with E-state index in [-0.39, 0.29) is 25.2 Å². The fourth-order valence-corrected chi connectivity index (χ4v) is 1.10. The predicted octanol–water partition coefficient (Wildman–Crippen LogP) is -0.356. The molecule has 0 aliphatic heterocycles. The van der Waals surface area contributed by atoms with Gasteiger partial charge >= 0.3 is 5.97 Å². The quantitative estimate of drug-likeness (QED) is 0.669. The molecule has 0 unspecified atom stereocenters. The van der Waals surface area contributed by atoms with Gasteiger partial charge in [-0.15, -0.1) is 0 Å². The molecule has 1 rings (SSSR count). The summed E-state index contributed by atoms with van der Waals surface area (Å²) in [7, 11) is 0. The largest absolute Gasteiger partial charge is 0.480 e. The summed E-state index contributed by atoms with van der Waals surface area (Å²) in [5.74, 6) is -1.13. The third-order valence-electron chi connectivity index (χ3n) is 1.97. The van der Waals surface area contributed by atoms with Crippen LogP contribution in [-0.4, -0.2) is 32.5 Å². The molecule has 0 bridgehead atoms. The molecule has 1 atom stereocenters. The minimum atomic E-state index is -1.08. The number of imidazole rings is 1. The Labute approximate surface area is 86.7 Å². The van der Waals surface area contributed by atoms with Crippen LogP contribution < -0.4 is 5.73 Å². The van der Waals surface area contributed by atoms with Gasteiger partial charge in [-0.3, -0.25) is 9.59 Å². The lowest BCUT2D eigenvalue weighted by Gasteiger charge is -2.05. The molecule has 1 heterocycles. The molecule has 0 saturated heterocycles. The highest BCUT2D eigenvalue weighted by Crippen LogP contribution is 1.98. The van der Waals surface area contributed by atoms with E-state index in [1.54, 1.807) is 17.0 Å². The Balaban J connectivity index is 2.28. The van der Waals surface area contributed by atoms with Crippen molar-refractivity contribution in [1.82, 2.24) is 9.55 Å². The predicted molar refractivity (Wildman–Crippen MR) is 52.1 cm³/mol. The second kappa shape index (κ2) is 5.26. The molecule has 0 aliphatic carbocycles. The Morgan fingerprint density at radius 3 is 2.80 bits per heavy atom. The topological polar surface area (TPSA) is 98.2 Å². The van der Waals surface area contributed by atoms with E-state index < -0.39 is 12.0 Å². The number of carbonyl (C=O) groups is 2. The van der Waals surface area contributed by atoms with Crippen molar-refractivity contribution in [1.29, 1.82) is 0 Å². The molecule has 0 radical (unpaired) electrons. The number of hydrogen-bond donors (Lipinski definition) is 2. The van der Waals surface area contributed by atoms with Gasteiger partial charge < -0.3 is 15.4 Å². The number of aliphatic carboxylic acids is 1. The molecule has 1 aromatic heterocycles. The Hall–Kier alpha value is -1.69. The summed E-state index contributed by atoms with van der Waals surface area (Å²) in [6.07, 6.45) is 5.13. The average Bonchev–Trinajstić information content (AvgIpc) is 2.66. The molecule has 0 amide bonds. The standard InChI is InChI=1S/C9H13N3O3/c10-8(9(14)15)2-1-7(13)5-12-4-3-11-6-12/h3-4,6,8H,1-2,5,10H2,(H,14,15)/t8-/m0/s1. The fourth-order valence-electron chi connectivity index (χ4n) is 1.10. The van der Waals surface area contributed by atoms with Crippen LogP contribution in [0.1, 0.15) is 12.8 Å².